The highest BCUT2D eigenvalue weighted by atomic mass is 19.4. The van der Waals surface area contributed by atoms with Crippen molar-refractivity contribution in [3.8, 4) is 17.2 Å². The summed E-state index contributed by atoms with van der Waals surface area (Å²) >= 11 is 0. The van der Waals surface area contributed by atoms with Crippen molar-refractivity contribution < 1.29 is 32.5 Å². The van der Waals surface area contributed by atoms with E-state index in [-0.39, 0.29) is 28.5 Å². The van der Waals surface area contributed by atoms with E-state index in [4.69, 9.17) is 9.47 Å². The maximum atomic E-state index is 12.8. The average Bonchev–Trinajstić information content (AvgIpc) is 2.90. The lowest BCUT2D eigenvalue weighted by Gasteiger charge is -2.10. The van der Waals surface area contributed by atoms with Gasteiger partial charge >= 0.3 is 6.18 Å². The monoisotopic (exact) mass is 365 g/mol. The van der Waals surface area contributed by atoms with Crippen LogP contribution in [0.1, 0.15) is 16.7 Å². The molecule has 1 heterocycles. The zero-order valence-corrected chi connectivity index (χ0v) is 13.8. The van der Waals surface area contributed by atoms with E-state index in [1.54, 1.807) is 0 Å². The highest BCUT2D eigenvalue weighted by Crippen LogP contribution is 2.41. The Morgan fingerprint density at radius 2 is 1.69 bits per heavy atom. The molecule has 8 heteroatoms. The Hall–Kier alpha value is -3.16. The van der Waals surface area contributed by atoms with Crippen LogP contribution in [0.5, 0.6) is 17.2 Å². The highest BCUT2D eigenvalue weighted by molar-refractivity contribution is 6.35. The third-order valence-corrected chi connectivity index (χ3v) is 3.94. The SMILES string of the molecule is COc1cc(/C=C2\C(=O)Nc3cc(C(F)(F)F)ccc32)cc(OC)c1O. The van der Waals surface area contributed by atoms with Gasteiger partial charge in [-0.2, -0.15) is 13.2 Å². The van der Waals surface area contributed by atoms with Crippen molar-refractivity contribution in [3.05, 3.63) is 47.0 Å². The van der Waals surface area contributed by atoms with Crippen LogP contribution in [-0.4, -0.2) is 25.2 Å². The highest BCUT2D eigenvalue weighted by Gasteiger charge is 2.33. The van der Waals surface area contributed by atoms with Crippen molar-refractivity contribution in [1.29, 1.82) is 0 Å². The first kappa shape index (κ1) is 17.7. The minimum Gasteiger partial charge on any atom is -0.502 e. The van der Waals surface area contributed by atoms with Gasteiger partial charge in [0.05, 0.1) is 19.8 Å². The van der Waals surface area contributed by atoms with Gasteiger partial charge in [-0.05, 0) is 35.9 Å². The predicted octanol–water partition coefficient (Wildman–Crippen LogP) is 3.92. The van der Waals surface area contributed by atoms with E-state index in [2.05, 4.69) is 5.32 Å². The second-order valence-corrected chi connectivity index (χ2v) is 5.54. The quantitative estimate of drug-likeness (QED) is 0.809. The molecule has 0 saturated heterocycles. The number of carbonyl (C=O) groups excluding carboxylic acids is 1. The van der Waals surface area contributed by atoms with Crippen molar-refractivity contribution >= 4 is 23.2 Å². The number of phenols is 1. The first-order valence-electron chi connectivity index (χ1n) is 7.44. The number of ether oxygens (including phenoxy) is 2. The van der Waals surface area contributed by atoms with E-state index >= 15 is 0 Å². The van der Waals surface area contributed by atoms with Gasteiger partial charge in [0.15, 0.2) is 11.5 Å². The number of halogens is 3. The first-order valence-corrected chi connectivity index (χ1v) is 7.44. The van der Waals surface area contributed by atoms with Gasteiger partial charge in [-0.1, -0.05) is 6.07 Å². The van der Waals surface area contributed by atoms with Crippen molar-refractivity contribution in [3.63, 3.8) is 0 Å². The molecule has 2 aromatic carbocycles. The molecule has 136 valence electrons. The molecule has 1 aliphatic heterocycles. The Labute approximate surface area is 146 Å². The minimum absolute atomic E-state index is 0.0915. The fourth-order valence-corrected chi connectivity index (χ4v) is 2.68. The third-order valence-electron chi connectivity index (χ3n) is 3.94. The number of nitrogens with one attached hydrogen (secondary N) is 1. The van der Waals surface area contributed by atoms with E-state index in [0.29, 0.717) is 11.1 Å². The summed E-state index contributed by atoms with van der Waals surface area (Å²) in [6.07, 6.45) is -3.01. The van der Waals surface area contributed by atoms with Crippen molar-refractivity contribution in [2.24, 2.45) is 0 Å². The molecule has 0 atom stereocenters. The second kappa shape index (κ2) is 6.29. The summed E-state index contributed by atoms with van der Waals surface area (Å²) in [5.41, 5.74) is 0.284. The van der Waals surface area contributed by atoms with Gasteiger partial charge < -0.3 is 19.9 Å². The van der Waals surface area contributed by atoms with Crippen LogP contribution in [-0.2, 0) is 11.0 Å². The maximum absolute atomic E-state index is 12.8. The van der Waals surface area contributed by atoms with Crippen LogP contribution in [0.25, 0.3) is 11.6 Å². The molecule has 0 radical (unpaired) electrons. The van der Waals surface area contributed by atoms with E-state index in [0.717, 1.165) is 12.1 Å². The maximum Gasteiger partial charge on any atom is 0.416 e. The molecule has 0 spiro atoms. The lowest BCUT2D eigenvalue weighted by Crippen LogP contribution is -2.06. The molecule has 1 amide bonds. The molecular formula is C18H14F3NO4. The lowest BCUT2D eigenvalue weighted by molar-refractivity contribution is -0.137. The van der Waals surface area contributed by atoms with E-state index in [1.807, 2.05) is 0 Å². The van der Waals surface area contributed by atoms with Gasteiger partial charge in [-0.15, -0.1) is 0 Å². The summed E-state index contributed by atoms with van der Waals surface area (Å²) in [4.78, 5) is 12.2. The molecule has 3 rings (SSSR count). The number of methoxy groups -OCH3 is 2. The zero-order chi connectivity index (χ0) is 19.1. The van der Waals surface area contributed by atoms with Gasteiger partial charge in [0.1, 0.15) is 0 Å². The second-order valence-electron chi connectivity index (χ2n) is 5.54. The smallest absolute Gasteiger partial charge is 0.416 e. The lowest BCUT2D eigenvalue weighted by atomic mass is 10.0. The van der Waals surface area contributed by atoms with Crippen LogP contribution in [0.4, 0.5) is 18.9 Å². The fraction of sp³-hybridized carbons (Fsp3) is 0.167. The molecule has 0 aliphatic carbocycles. The number of anilines is 1. The van der Waals surface area contributed by atoms with Crippen molar-refractivity contribution in [1.82, 2.24) is 0 Å². The molecule has 0 bridgehead atoms. The number of alkyl halides is 3. The molecule has 1 aliphatic rings. The molecule has 26 heavy (non-hydrogen) atoms. The van der Waals surface area contributed by atoms with Crippen LogP contribution < -0.4 is 14.8 Å². The molecule has 0 saturated carbocycles. The summed E-state index contributed by atoms with van der Waals surface area (Å²) in [7, 11) is 2.73. The minimum atomic E-state index is -4.50. The van der Waals surface area contributed by atoms with E-state index < -0.39 is 17.6 Å². The molecule has 2 N–H and O–H groups in total. The number of amides is 1. The first-order chi connectivity index (χ1) is 12.2. The Balaban J connectivity index is 2.08. The number of rotatable bonds is 3. The van der Waals surface area contributed by atoms with Gasteiger partial charge in [-0.3, -0.25) is 4.79 Å². The van der Waals surface area contributed by atoms with Crippen molar-refractivity contribution in [2.45, 2.75) is 6.18 Å². The predicted molar refractivity (Wildman–Crippen MR) is 89.2 cm³/mol. The Kier molecular flexibility index (Phi) is 4.27. The third kappa shape index (κ3) is 3.05. The number of benzene rings is 2. The number of hydrogen-bond acceptors (Lipinski definition) is 4. The standard InChI is InChI=1S/C18H14F3NO4/c1-25-14-6-9(7-15(26-2)16(14)23)5-12-11-4-3-10(18(19,20)21)8-13(11)22-17(12)24/h3-8,23H,1-2H3,(H,22,24)/b12-5-. The summed E-state index contributed by atoms with van der Waals surface area (Å²) in [6, 6.07) is 6.04. The number of aromatic hydroxyl groups is 1. The normalized spacial score (nSPS) is 15.0. The van der Waals surface area contributed by atoms with Gasteiger partial charge in [0, 0.05) is 16.8 Å². The Morgan fingerprint density at radius 1 is 1.08 bits per heavy atom. The number of phenolic OH excluding ortho intramolecular Hbond substituents is 1. The number of fused-ring (bicyclic) bond motifs is 1. The molecule has 0 fully saturated rings. The summed E-state index contributed by atoms with van der Waals surface area (Å²) in [6.45, 7) is 0. The largest absolute Gasteiger partial charge is 0.502 e. The van der Waals surface area contributed by atoms with Gasteiger partial charge in [0.2, 0.25) is 5.75 Å². The van der Waals surface area contributed by atoms with Crippen molar-refractivity contribution in [2.75, 3.05) is 19.5 Å². The molecule has 2 aromatic rings. The van der Waals surface area contributed by atoms with Crippen LogP contribution in [0.3, 0.4) is 0 Å². The Bertz CT molecular complexity index is 894. The average molecular weight is 365 g/mol. The number of hydrogen-bond donors (Lipinski definition) is 2. The van der Waals surface area contributed by atoms with E-state index in [9.17, 15) is 23.1 Å². The van der Waals surface area contributed by atoms with Crippen LogP contribution >= 0.6 is 0 Å². The molecule has 0 unspecified atom stereocenters. The van der Waals surface area contributed by atoms with Crippen LogP contribution in [0, 0.1) is 0 Å². The number of carbonyl (C=O) groups is 1. The van der Waals surface area contributed by atoms with Crippen LogP contribution in [0.2, 0.25) is 0 Å². The summed E-state index contributed by atoms with van der Waals surface area (Å²) < 4.78 is 48.6. The Morgan fingerprint density at radius 3 is 2.23 bits per heavy atom. The molecule has 5 nitrogen and oxygen atoms in total. The van der Waals surface area contributed by atoms with Gasteiger partial charge in [0.25, 0.3) is 5.91 Å². The fourth-order valence-electron chi connectivity index (χ4n) is 2.68. The summed E-state index contributed by atoms with van der Waals surface area (Å²) in [5, 5.41) is 12.4. The zero-order valence-electron chi connectivity index (χ0n) is 13.8. The van der Waals surface area contributed by atoms with Gasteiger partial charge in [-0.25, -0.2) is 0 Å². The molecular weight excluding hydrogens is 351 g/mol. The van der Waals surface area contributed by atoms with E-state index in [1.165, 1.54) is 38.5 Å². The van der Waals surface area contributed by atoms with Crippen LogP contribution in [0.15, 0.2) is 30.3 Å². The molecule has 0 aromatic heterocycles. The topological polar surface area (TPSA) is 67.8 Å². The summed E-state index contributed by atoms with van der Waals surface area (Å²) in [5.74, 6) is -0.432.